The Labute approximate surface area is 228 Å². The van der Waals surface area contributed by atoms with Crippen LogP contribution in [0, 0.1) is 19.7 Å². The number of halogens is 1. The quantitative estimate of drug-likeness (QED) is 0.405. The number of carboxylic acid groups (broad SMARTS) is 1. The van der Waals surface area contributed by atoms with Gasteiger partial charge in [0.1, 0.15) is 11.6 Å². The zero-order valence-electron chi connectivity index (χ0n) is 23.1. The summed E-state index contributed by atoms with van der Waals surface area (Å²) in [5, 5.41) is 10.4. The Kier molecular flexibility index (Phi) is 6.97. The van der Waals surface area contributed by atoms with Gasteiger partial charge in [0.05, 0.1) is 12.2 Å². The normalized spacial score (nSPS) is 15.4. The Morgan fingerprint density at radius 1 is 1.05 bits per heavy atom. The number of benzene rings is 3. The third-order valence-electron chi connectivity index (χ3n) is 7.53. The Bertz CT molecular complexity index is 1470. The first-order chi connectivity index (χ1) is 18.4. The molecule has 1 N–H and O–H groups in total. The lowest BCUT2D eigenvalue weighted by molar-refractivity contribution is -0.160. The lowest BCUT2D eigenvalue weighted by Gasteiger charge is -2.30. The number of carbonyl (C=O) groups excluding carboxylic acids is 1. The Hall–Kier alpha value is -3.71. The van der Waals surface area contributed by atoms with Crippen molar-refractivity contribution in [1.29, 1.82) is 0 Å². The number of hydrogen-bond donors (Lipinski definition) is 1. The van der Waals surface area contributed by atoms with Crippen LogP contribution in [-0.2, 0) is 29.0 Å². The van der Waals surface area contributed by atoms with E-state index in [1.54, 1.807) is 11.0 Å². The first-order valence-electron chi connectivity index (χ1n) is 13.3. The highest BCUT2D eigenvalue weighted by Crippen LogP contribution is 2.45. The largest absolute Gasteiger partial charge is 0.493 e. The van der Waals surface area contributed by atoms with Crippen molar-refractivity contribution < 1.29 is 28.6 Å². The lowest BCUT2D eigenvalue weighted by atomic mass is 9.82. The van der Waals surface area contributed by atoms with E-state index < -0.39 is 23.5 Å². The SMILES string of the molecule is Cc1c2c(c(C)c([C@H](OC(C)(C)C)C(=O)O)c1-c1ccc3c(c1)CCCO3)CN(C(=O)c1cccc(F)c1)C2. The van der Waals surface area contributed by atoms with E-state index in [0.29, 0.717) is 25.3 Å². The fraction of sp³-hybridized carbons (Fsp3) is 0.375. The highest BCUT2D eigenvalue weighted by Gasteiger charge is 2.36. The van der Waals surface area contributed by atoms with Crippen LogP contribution in [0.5, 0.6) is 5.75 Å². The van der Waals surface area contributed by atoms with Crippen LogP contribution in [-0.4, -0.2) is 34.1 Å². The van der Waals surface area contributed by atoms with Gasteiger partial charge in [-0.05, 0) is 117 Å². The fourth-order valence-corrected chi connectivity index (χ4v) is 5.77. The van der Waals surface area contributed by atoms with Gasteiger partial charge in [-0.2, -0.15) is 0 Å². The number of fused-ring (bicyclic) bond motifs is 2. The third-order valence-corrected chi connectivity index (χ3v) is 7.53. The van der Waals surface area contributed by atoms with Gasteiger partial charge in [-0.1, -0.05) is 12.1 Å². The van der Waals surface area contributed by atoms with Crippen LogP contribution < -0.4 is 4.74 Å². The summed E-state index contributed by atoms with van der Waals surface area (Å²) in [7, 11) is 0. The summed E-state index contributed by atoms with van der Waals surface area (Å²) in [5.74, 6) is -0.941. The van der Waals surface area contributed by atoms with E-state index in [4.69, 9.17) is 9.47 Å². The maximum atomic E-state index is 13.9. The van der Waals surface area contributed by atoms with Crippen LogP contribution in [0.3, 0.4) is 0 Å². The lowest BCUT2D eigenvalue weighted by Crippen LogP contribution is -2.28. The van der Waals surface area contributed by atoms with Crippen LogP contribution in [0.2, 0.25) is 0 Å². The molecule has 0 aliphatic carbocycles. The van der Waals surface area contributed by atoms with Gasteiger partial charge in [0, 0.05) is 24.2 Å². The molecule has 0 aromatic heterocycles. The van der Waals surface area contributed by atoms with Crippen molar-refractivity contribution in [2.75, 3.05) is 6.61 Å². The molecule has 3 aromatic carbocycles. The summed E-state index contributed by atoms with van der Waals surface area (Å²) < 4.78 is 25.9. The molecule has 39 heavy (non-hydrogen) atoms. The topological polar surface area (TPSA) is 76.1 Å². The second-order valence-electron chi connectivity index (χ2n) is 11.4. The van der Waals surface area contributed by atoms with Crippen LogP contribution in [0.4, 0.5) is 4.39 Å². The van der Waals surface area contributed by atoms with Gasteiger partial charge in [0.2, 0.25) is 0 Å². The molecule has 204 valence electrons. The summed E-state index contributed by atoms with van der Waals surface area (Å²) >= 11 is 0. The average Bonchev–Trinajstić information content (AvgIpc) is 3.34. The number of aliphatic carboxylic acids is 1. The molecule has 0 bridgehead atoms. The zero-order chi connectivity index (χ0) is 28.1. The van der Waals surface area contributed by atoms with Crippen molar-refractivity contribution in [3.8, 4) is 16.9 Å². The minimum atomic E-state index is -1.20. The molecule has 2 heterocycles. The van der Waals surface area contributed by atoms with Gasteiger partial charge in [-0.3, -0.25) is 4.79 Å². The molecule has 0 spiro atoms. The molecule has 7 heteroatoms. The summed E-state index contributed by atoms with van der Waals surface area (Å²) in [6.45, 7) is 10.8. The van der Waals surface area contributed by atoms with Crippen LogP contribution in [0.15, 0.2) is 42.5 Å². The van der Waals surface area contributed by atoms with E-state index in [9.17, 15) is 19.1 Å². The number of rotatable bonds is 5. The molecular formula is C32H34FNO5. The van der Waals surface area contributed by atoms with Crippen molar-refractivity contribution in [3.63, 3.8) is 0 Å². The van der Waals surface area contributed by atoms with E-state index in [2.05, 4.69) is 6.07 Å². The molecule has 1 atom stereocenters. The number of amides is 1. The third kappa shape index (κ3) is 5.15. The Balaban J connectivity index is 1.68. The van der Waals surface area contributed by atoms with Gasteiger partial charge >= 0.3 is 5.97 Å². The van der Waals surface area contributed by atoms with Crippen LogP contribution >= 0.6 is 0 Å². The molecule has 3 aromatic rings. The summed E-state index contributed by atoms with van der Waals surface area (Å²) in [6, 6.07) is 11.7. The summed E-state index contributed by atoms with van der Waals surface area (Å²) in [6.07, 6.45) is 0.607. The number of ether oxygens (including phenoxy) is 2. The van der Waals surface area contributed by atoms with Crippen LogP contribution in [0.1, 0.15) is 77.0 Å². The Morgan fingerprint density at radius 2 is 1.77 bits per heavy atom. The molecule has 2 aliphatic heterocycles. The fourth-order valence-electron chi connectivity index (χ4n) is 5.77. The van der Waals surface area contributed by atoms with E-state index in [0.717, 1.165) is 57.5 Å². The van der Waals surface area contributed by atoms with Crippen molar-refractivity contribution in [2.45, 2.75) is 72.3 Å². The van der Waals surface area contributed by atoms with E-state index in [-0.39, 0.29) is 11.5 Å². The molecule has 6 nitrogen and oxygen atoms in total. The Morgan fingerprint density at radius 3 is 2.44 bits per heavy atom. The molecule has 0 fully saturated rings. The van der Waals surface area contributed by atoms with E-state index in [1.807, 2.05) is 46.8 Å². The van der Waals surface area contributed by atoms with Crippen molar-refractivity contribution in [2.24, 2.45) is 0 Å². The van der Waals surface area contributed by atoms with Gasteiger partial charge in [0.15, 0.2) is 6.10 Å². The number of carboxylic acids is 1. The van der Waals surface area contributed by atoms with Crippen LogP contribution in [0.25, 0.3) is 11.1 Å². The zero-order valence-corrected chi connectivity index (χ0v) is 23.1. The van der Waals surface area contributed by atoms with Gasteiger partial charge in [-0.15, -0.1) is 0 Å². The number of carbonyl (C=O) groups is 2. The van der Waals surface area contributed by atoms with Crippen molar-refractivity contribution in [1.82, 2.24) is 4.90 Å². The minimum absolute atomic E-state index is 0.265. The smallest absolute Gasteiger partial charge is 0.337 e. The predicted octanol–water partition coefficient (Wildman–Crippen LogP) is 6.53. The van der Waals surface area contributed by atoms with Gasteiger partial charge in [-0.25, -0.2) is 9.18 Å². The maximum absolute atomic E-state index is 13.9. The van der Waals surface area contributed by atoms with Crippen molar-refractivity contribution in [3.05, 3.63) is 87.2 Å². The number of aryl methyl sites for hydroxylation is 1. The molecule has 0 radical (unpaired) electrons. The second kappa shape index (κ2) is 10.1. The summed E-state index contributed by atoms with van der Waals surface area (Å²) in [5.41, 5.74) is 6.61. The molecule has 0 saturated heterocycles. The van der Waals surface area contributed by atoms with E-state index >= 15 is 0 Å². The van der Waals surface area contributed by atoms with Gasteiger partial charge < -0.3 is 19.5 Å². The number of nitrogens with zero attached hydrogens (tertiary/aromatic N) is 1. The van der Waals surface area contributed by atoms with Gasteiger partial charge in [0.25, 0.3) is 5.91 Å². The second-order valence-corrected chi connectivity index (χ2v) is 11.4. The number of hydrogen-bond acceptors (Lipinski definition) is 4. The maximum Gasteiger partial charge on any atom is 0.337 e. The average molecular weight is 532 g/mol. The molecule has 1 amide bonds. The van der Waals surface area contributed by atoms with E-state index in [1.165, 1.54) is 18.2 Å². The summed E-state index contributed by atoms with van der Waals surface area (Å²) in [4.78, 5) is 27.7. The van der Waals surface area contributed by atoms with Crippen molar-refractivity contribution >= 4 is 11.9 Å². The first kappa shape index (κ1) is 26.9. The predicted molar refractivity (Wildman–Crippen MR) is 146 cm³/mol. The molecule has 0 unspecified atom stereocenters. The highest BCUT2D eigenvalue weighted by atomic mass is 19.1. The highest BCUT2D eigenvalue weighted by molar-refractivity contribution is 5.95. The minimum Gasteiger partial charge on any atom is -0.493 e. The molecule has 2 aliphatic rings. The molecular weight excluding hydrogens is 497 g/mol. The molecule has 5 rings (SSSR count). The molecule has 0 saturated carbocycles. The monoisotopic (exact) mass is 531 g/mol. The first-order valence-corrected chi connectivity index (χ1v) is 13.3. The standard InChI is InChI=1S/C32H34FNO5/c1-18-24-16-34(30(35)22-8-6-10-23(33)15-22)17-25(24)19(2)28(29(31(36)37)39-32(3,4)5)27(18)21-11-12-26-20(14-21)9-7-13-38-26/h6,8,10-12,14-15,29H,7,9,13,16-17H2,1-5H3,(H,36,37)/t29-/m0/s1.